The molecular weight excluding hydrogens is 747 g/mol. The van der Waals surface area contributed by atoms with Crippen LogP contribution in [0.2, 0.25) is 0 Å². The number of methoxy groups -OCH3 is 2. The molecule has 2 atom stereocenters. The summed E-state index contributed by atoms with van der Waals surface area (Å²) >= 11 is 1.81. The van der Waals surface area contributed by atoms with E-state index in [4.69, 9.17) is 28.4 Å². The highest BCUT2D eigenvalue weighted by Gasteiger charge is 2.36. The molecule has 1 aliphatic rings. The number of carbonyl (C=O) groups is 3. The number of ether oxygens (including phenoxy) is 6. The first-order valence-electron chi connectivity index (χ1n) is 19.0. The minimum Gasteiger partial charge on any atom is -0.464 e. The Morgan fingerprint density at radius 3 is 1.77 bits per heavy atom. The molecule has 0 aliphatic heterocycles. The summed E-state index contributed by atoms with van der Waals surface area (Å²) in [5.41, 5.74) is 1.27. The Bertz CT molecular complexity index is 1380. The highest BCUT2D eigenvalue weighted by Crippen LogP contribution is 2.33. The Balaban J connectivity index is 1.54. The van der Waals surface area contributed by atoms with E-state index in [1.807, 2.05) is 54.5 Å². The van der Waals surface area contributed by atoms with Gasteiger partial charge in [-0.15, -0.1) is 0 Å². The minimum atomic E-state index is -0.548. The Labute approximate surface area is 334 Å². The van der Waals surface area contributed by atoms with Crippen LogP contribution in [-0.4, -0.2) is 164 Å². The largest absolute Gasteiger partial charge is 0.464 e. The lowest BCUT2D eigenvalue weighted by molar-refractivity contribution is -0.0649. The zero-order valence-corrected chi connectivity index (χ0v) is 34.3. The molecule has 2 unspecified atom stereocenters. The second kappa shape index (κ2) is 25.8. The first-order chi connectivity index (χ1) is 26.9. The van der Waals surface area contributed by atoms with Crippen molar-refractivity contribution in [3.63, 3.8) is 0 Å². The number of thioether (sulfide) groups is 1. The predicted octanol–water partition coefficient (Wildman–Crippen LogP) is 2.79. The number of pyridine rings is 2. The summed E-state index contributed by atoms with van der Waals surface area (Å²) in [6.45, 7) is 10.3. The van der Waals surface area contributed by atoms with E-state index in [1.165, 1.54) is 14.2 Å². The van der Waals surface area contributed by atoms with Gasteiger partial charge < -0.3 is 44.0 Å². The van der Waals surface area contributed by atoms with Crippen LogP contribution in [0.3, 0.4) is 0 Å². The highest BCUT2D eigenvalue weighted by atomic mass is 32.2. The zero-order chi connectivity index (χ0) is 40.8. The molecule has 314 valence electrons. The number of aliphatic hydroxyl groups excluding tert-OH is 2. The molecule has 1 fully saturated rings. The van der Waals surface area contributed by atoms with Gasteiger partial charge in [0.25, 0.3) is 0 Å². The fourth-order valence-corrected chi connectivity index (χ4v) is 7.08. The standard InChI is InChI=1S/C39H61N5O11S/c1-39(2,3)55-38(49)40-12-19-52-22-23-56-28-29-24-34(53-20-15-43(13-17-45)26-30-8-6-10-32(41-30)36(47)50-4)35(25-29)54-21-16-44(14-18-46)27-31-9-7-11-33(42-31)37(48)51-5/h6-11,29,34-35,45-46H,12-28H2,1-5H3,(H,40,49). The maximum absolute atomic E-state index is 12.0. The van der Waals surface area contributed by atoms with Gasteiger partial charge in [-0.3, -0.25) is 9.80 Å². The van der Waals surface area contributed by atoms with Crippen LogP contribution in [-0.2, 0) is 41.5 Å². The molecule has 2 heterocycles. The second-order valence-electron chi connectivity index (χ2n) is 14.3. The monoisotopic (exact) mass is 807 g/mol. The molecule has 0 saturated heterocycles. The Morgan fingerprint density at radius 2 is 1.30 bits per heavy atom. The summed E-state index contributed by atoms with van der Waals surface area (Å²) < 4.78 is 33.5. The number of alkyl carbamates (subject to hydrolysis) is 1. The van der Waals surface area contributed by atoms with Gasteiger partial charge in [0.2, 0.25) is 0 Å². The van der Waals surface area contributed by atoms with Crippen molar-refractivity contribution >= 4 is 29.8 Å². The molecule has 3 N–H and O–H groups in total. The van der Waals surface area contributed by atoms with Crippen molar-refractivity contribution in [3.05, 3.63) is 59.2 Å². The average Bonchev–Trinajstić information content (AvgIpc) is 3.55. The summed E-state index contributed by atoms with van der Waals surface area (Å²) in [6.07, 6.45) is 0.906. The third-order valence-corrected chi connectivity index (χ3v) is 9.83. The van der Waals surface area contributed by atoms with Crippen LogP contribution in [0, 0.1) is 5.92 Å². The lowest BCUT2D eigenvalue weighted by Gasteiger charge is -2.26. The number of hydrogen-bond acceptors (Lipinski definition) is 16. The summed E-state index contributed by atoms with van der Waals surface area (Å²) in [4.78, 5) is 48.7. The molecule has 17 heteroatoms. The molecule has 1 amide bonds. The van der Waals surface area contributed by atoms with Gasteiger partial charge in [0.15, 0.2) is 0 Å². The van der Waals surface area contributed by atoms with Gasteiger partial charge >= 0.3 is 18.0 Å². The van der Waals surface area contributed by atoms with Crippen molar-refractivity contribution in [1.29, 1.82) is 0 Å². The lowest BCUT2D eigenvalue weighted by Crippen LogP contribution is -2.35. The zero-order valence-electron chi connectivity index (χ0n) is 33.5. The summed E-state index contributed by atoms with van der Waals surface area (Å²) in [6, 6.07) is 10.4. The normalized spacial score (nSPS) is 17.0. The van der Waals surface area contributed by atoms with Crippen LogP contribution in [0.1, 0.15) is 66.0 Å². The smallest absolute Gasteiger partial charge is 0.407 e. The maximum Gasteiger partial charge on any atom is 0.407 e. The molecule has 0 spiro atoms. The SMILES string of the molecule is COC(=O)c1cccc(CN(CCO)CCOC2CC(CSCCOCCNC(=O)OC(C)(C)C)CC2OCCN(CCO)Cc2cccc(C(=O)OC)n2)n1. The number of esters is 2. The summed E-state index contributed by atoms with van der Waals surface area (Å²) in [5, 5.41) is 22.2. The van der Waals surface area contributed by atoms with Crippen LogP contribution >= 0.6 is 11.8 Å². The van der Waals surface area contributed by atoms with Gasteiger partial charge in [-0.25, -0.2) is 24.4 Å². The van der Waals surface area contributed by atoms with E-state index in [9.17, 15) is 24.6 Å². The fourth-order valence-electron chi connectivity index (χ4n) is 6.07. The third-order valence-electron chi connectivity index (χ3n) is 8.67. The number of amides is 1. The molecule has 0 bridgehead atoms. The van der Waals surface area contributed by atoms with Gasteiger partial charge in [0, 0.05) is 51.6 Å². The van der Waals surface area contributed by atoms with E-state index in [0.29, 0.717) is 89.5 Å². The number of aliphatic hydroxyl groups is 2. The lowest BCUT2D eigenvalue weighted by atomic mass is 10.1. The van der Waals surface area contributed by atoms with Gasteiger partial charge in [-0.05, 0) is 69.5 Å². The maximum atomic E-state index is 12.0. The van der Waals surface area contributed by atoms with Crippen LogP contribution in [0.15, 0.2) is 36.4 Å². The van der Waals surface area contributed by atoms with Crippen molar-refractivity contribution in [2.45, 2.75) is 64.5 Å². The van der Waals surface area contributed by atoms with Gasteiger partial charge in [-0.1, -0.05) is 12.1 Å². The van der Waals surface area contributed by atoms with Crippen molar-refractivity contribution in [3.8, 4) is 0 Å². The quantitative estimate of drug-likeness (QED) is 0.0714. The number of aromatic nitrogens is 2. The van der Waals surface area contributed by atoms with E-state index in [-0.39, 0.29) is 36.8 Å². The summed E-state index contributed by atoms with van der Waals surface area (Å²) in [5.74, 6) is 1.07. The third kappa shape index (κ3) is 18.2. The van der Waals surface area contributed by atoms with E-state index in [1.54, 1.807) is 24.3 Å². The topological polar surface area (TPSA) is 191 Å². The Kier molecular flexibility index (Phi) is 21.6. The van der Waals surface area contributed by atoms with Crippen molar-refractivity contribution in [2.24, 2.45) is 5.92 Å². The summed E-state index contributed by atoms with van der Waals surface area (Å²) in [7, 11) is 2.63. The minimum absolute atomic E-state index is 0.0397. The fraction of sp³-hybridized carbons (Fsp3) is 0.667. The number of nitrogens with one attached hydrogen (secondary N) is 1. The molecule has 0 aromatic carbocycles. The van der Waals surface area contributed by atoms with Crippen LogP contribution in [0.25, 0.3) is 0 Å². The van der Waals surface area contributed by atoms with Crippen LogP contribution in [0.5, 0.6) is 0 Å². The molecule has 16 nitrogen and oxygen atoms in total. The molecule has 3 rings (SSSR count). The van der Waals surface area contributed by atoms with Gasteiger partial charge in [0.1, 0.15) is 17.0 Å². The average molecular weight is 808 g/mol. The first kappa shape index (κ1) is 47.0. The molecule has 2 aromatic heterocycles. The molecular formula is C39H61N5O11S. The van der Waals surface area contributed by atoms with E-state index in [0.717, 1.165) is 24.3 Å². The predicted molar refractivity (Wildman–Crippen MR) is 210 cm³/mol. The Morgan fingerprint density at radius 1 is 0.786 bits per heavy atom. The van der Waals surface area contributed by atoms with E-state index < -0.39 is 23.6 Å². The van der Waals surface area contributed by atoms with Gasteiger partial charge in [0.05, 0.1) is 77.5 Å². The van der Waals surface area contributed by atoms with Crippen molar-refractivity contribution in [1.82, 2.24) is 25.1 Å². The molecule has 1 saturated carbocycles. The molecule has 0 radical (unpaired) electrons. The van der Waals surface area contributed by atoms with Crippen LogP contribution < -0.4 is 5.32 Å². The Hall–Kier alpha value is -3.42. The van der Waals surface area contributed by atoms with E-state index in [2.05, 4.69) is 15.3 Å². The van der Waals surface area contributed by atoms with Gasteiger partial charge in [-0.2, -0.15) is 11.8 Å². The highest BCUT2D eigenvalue weighted by molar-refractivity contribution is 7.99. The van der Waals surface area contributed by atoms with Crippen molar-refractivity contribution < 1.29 is 53.0 Å². The van der Waals surface area contributed by atoms with Crippen molar-refractivity contribution in [2.75, 3.05) is 98.1 Å². The molecule has 56 heavy (non-hydrogen) atoms. The van der Waals surface area contributed by atoms with Crippen LogP contribution in [0.4, 0.5) is 4.79 Å². The first-order valence-corrected chi connectivity index (χ1v) is 20.2. The van der Waals surface area contributed by atoms with E-state index >= 15 is 0 Å². The number of rotatable bonds is 26. The number of nitrogens with zero attached hydrogens (tertiary/aromatic N) is 4. The molecule has 1 aliphatic carbocycles. The number of carbonyl (C=O) groups excluding carboxylic acids is 3. The number of hydrogen-bond donors (Lipinski definition) is 3. The second-order valence-corrected chi connectivity index (χ2v) is 15.4. The molecule has 2 aromatic rings.